The van der Waals surface area contributed by atoms with Gasteiger partial charge in [0.2, 0.25) is 0 Å². The zero-order chi connectivity index (χ0) is 13.8. The molecule has 0 saturated carbocycles. The number of nitrogens with one attached hydrogen (secondary N) is 2. The molecule has 0 radical (unpaired) electrons. The maximum Gasteiger partial charge on any atom is 0.253 e. The predicted molar refractivity (Wildman–Crippen MR) is 75.0 cm³/mol. The zero-order valence-corrected chi connectivity index (χ0v) is 11.5. The number of aryl methyl sites for hydroxylation is 2. The van der Waals surface area contributed by atoms with Gasteiger partial charge in [-0.15, -0.1) is 0 Å². The number of aromatic nitrogens is 2. The molecule has 100 valence electrons. The first-order valence-corrected chi connectivity index (χ1v) is 6.50. The Hall–Kier alpha value is -2.10. The molecular formula is C15H19N3O. The Morgan fingerprint density at radius 2 is 2.16 bits per heavy atom. The Labute approximate surface area is 113 Å². The lowest BCUT2D eigenvalue weighted by molar-refractivity contribution is 0.0934. The summed E-state index contributed by atoms with van der Waals surface area (Å²) in [5, 5.41) is 3.03. The Bertz CT molecular complexity index is 574. The van der Waals surface area contributed by atoms with Crippen LogP contribution in [0.2, 0.25) is 0 Å². The topological polar surface area (TPSA) is 57.8 Å². The Balaban J connectivity index is 2.16. The van der Waals surface area contributed by atoms with Crippen LogP contribution in [0.25, 0.3) is 0 Å². The molecule has 1 amide bonds. The van der Waals surface area contributed by atoms with Gasteiger partial charge in [-0.3, -0.25) is 9.78 Å². The maximum absolute atomic E-state index is 12.2. The van der Waals surface area contributed by atoms with Crippen molar-refractivity contribution < 1.29 is 4.79 Å². The van der Waals surface area contributed by atoms with Crippen molar-refractivity contribution in [2.24, 2.45) is 0 Å². The summed E-state index contributed by atoms with van der Waals surface area (Å²) in [5.41, 5.74) is 3.43. The maximum atomic E-state index is 12.2. The second-order valence-electron chi connectivity index (χ2n) is 4.65. The van der Waals surface area contributed by atoms with Crippen molar-refractivity contribution in [2.45, 2.75) is 33.2 Å². The van der Waals surface area contributed by atoms with Gasteiger partial charge in [0.25, 0.3) is 5.91 Å². The average molecular weight is 257 g/mol. The normalized spacial score (nSPS) is 12.2. The lowest BCUT2D eigenvalue weighted by Gasteiger charge is -2.16. The van der Waals surface area contributed by atoms with Crippen LogP contribution in [-0.4, -0.2) is 15.9 Å². The molecular weight excluding hydrogens is 238 g/mol. The van der Waals surface area contributed by atoms with Crippen LogP contribution < -0.4 is 5.32 Å². The smallest absolute Gasteiger partial charge is 0.253 e. The second kappa shape index (κ2) is 5.69. The summed E-state index contributed by atoms with van der Waals surface area (Å²) in [6.07, 6.45) is 2.59. The molecule has 2 rings (SSSR count). The molecule has 4 heteroatoms. The summed E-state index contributed by atoms with van der Waals surface area (Å²) in [6, 6.07) is 7.61. The van der Waals surface area contributed by atoms with E-state index in [1.807, 2.05) is 39.0 Å². The van der Waals surface area contributed by atoms with E-state index in [2.05, 4.69) is 15.3 Å². The molecule has 0 unspecified atom stereocenters. The zero-order valence-electron chi connectivity index (χ0n) is 11.5. The molecule has 2 heterocycles. The first-order valence-electron chi connectivity index (χ1n) is 6.50. The first-order chi connectivity index (χ1) is 9.11. The number of hydrogen-bond acceptors (Lipinski definition) is 2. The van der Waals surface area contributed by atoms with Crippen LogP contribution in [0.5, 0.6) is 0 Å². The fraction of sp³-hybridized carbons (Fsp3) is 0.333. The summed E-state index contributed by atoms with van der Waals surface area (Å²) in [5.74, 6) is -0.0612. The standard InChI is InChI=1S/C15H19N3O/c1-4-13(14-7-5-6-10(2)17-14)18-15(19)12-8-9-16-11(12)3/h5-9,13,16H,4H2,1-3H3,(H,18,19)/t13-/m0/s1. The third-order valence-corrected chi connectivity index (χ3v) is 3.18. The van der Waals surface area contributed by atoms with Crippen molar-refractivity contribution in [3.05, 3.63) is 53.1 Å². The van der Waals surface area contributed by atoms with Gasteiger partial charge in [-0.25, -0.2) is 0 Å². The summed E-state index contributed by atoms with van der Waals surface area (Å²) in [7, 11) is 0. The minimum Gasteiger partial charge on any atom is -0.365 e. The van der Waals surface area contributed by atoms with E-state index >= 15 is 0 Å². The Morgan fingerprint density at radius 3 is 2.74 bits per heavy atom. The third-order valence-electron chi connectivity index (χ3n) is 3.18. The quantitative estimate of drug-likeness (QED) is 0.884. The lowest BCUT2D eigenvalue weighted by Crippen LogP contribution is -2.29. The molecule has 0 aromatic carbocycles. The van der Waals surface area contributed by atoms with E-state index in [0.717, 1.165) is 23.5 Å². The first kappa shape index (κ1) is 13.3. The van der Waals surface area contributed by atoms with Crippen LogP contribution in [0, 0.1) is 13.8 Å². The third kappa shape index (κ3) is 3.02. The van der Waals surface area contributed by atoms with Crippen molar-refractivity contribution in [3.63, 3.8) is 0 Å². The molecule has 0 saturated heterocycles. The van der Waals surface area contributed by atoms with Gasteiger partial charge in [0.1, 0.15) is 0 Å². The average Bonchev–Trinajstić information content (AvgIpc) is 2.82. The van der Waals surface area contributed by atoms with E-state index < -0.39 is 0 Å². The van der Waals surface area contributed by atoms with Crippen LogP contribution in [0.1, 0.15) is 46.8 Å². The highest BCUT2D eigenvalue weighted by atomic mass is 16.1. The second-order valence-corrected chi connectivity index (χ2v) is 4.65. The molecule has 2 aromatic heterocycles. The molecule has 2 aromatic rings. The van der Waals surface area contributed by atoms with Crippen molar-refractivity contribution in [2.75, 3.05) is 0 Å². The van der Waals surface area contributed by atoms with E-state index in [1.165, 1.54) is 0 Å². The van der Waals surface area contributed by atoms with Crippen molar-refractivity contribution >= 4 is 5.91 Å². The number of carbonyl (C=O) groups excluding carboxylic acids is 1. The van der Waals surface area contributed by atoms with Crippen LogP contribution in [-0.2, 0) is 0 Å². The summed E-state index contributed by atoms with van der Waals surface area (Å²) in [4.78, 5) is 19.7. The number of nitrogens with zero attached hydrogens (tertiary/aromatic N) is 1. The molecule has 1 atom stereocenters. The predicted octanol–water partition coefficient (Wildman–Crippen LogP) is 2.91. The Kier molecular flexibility index (Phi) is 4.00. The lowest BCUT2D eigenvalue weighted by atomic mass is 10.1. The SMILES string of the molecule is CC[C@H](NC(=O)c1cc[nH]c1C)c1cccc(C)n1. The molecule has 19 heavy (non-hydrogen) atoms. The van der Waals surface area contributed by atoms with Gasteiger partial charge >= 0.3 is 0 Å². The summed E-state index contributed by atoms with van der Waals surface area (Å²) < 4.78 is 0. The number of amides is 1. The minimum atomic E-state index is -0.0612. The van der Waals surface area contributed by atoms with Gasteiger partial charge < -0.3 is 10.3 Å². The minimum absolute atomic E-state index is 0.0540. The highest BCUT2D eigenvalue weighted by Gasteiger charge is 2.16. The monoisotopic (exact) mass is 257 g/mol. The highest BCUT2D eigenvalue weighted by molar-refractivity contribution is 5.95. The molecule has 0 aliphatic rings. The number of pyridine rings is 1. The van der Waals surface area contributed by atoms with Gasteiger partial charge in [-0.2, -0.15) is 0 Å². The van der Waals surface area contributed by atoms with E-state index in [4.69, 9.17) is 0 Å². The fourth-order valence-electron chi connectivity index (χ4n) is 2.08. The Morgan fingerprint density at radius 1 is 1.37 bits per heavy atom. The number of H-pyrrole nitrogens is 1. The molecule has 0 aliphatic carbocycles. The number of rotatable bonds is 4. The van der Waals surface area contributed by atoms with Crippen LogP contribution in [0.4, 0.5) is 0 Å². The van der Waals surface area contributed by atoms with Gasteiger partial charge in [-0.05, 0) is 38.5 Å². The van der Waals surface area contributed by atoms with Gasteiger partial charge in [0, 0.05) is 17.6 Å². The van der Waals surface area contributed by atoms with Crippen molar-refractivity contribution in [1.29, 1.82) is 0 Å². The summed E-state index contributed by atoms with van der Waals surface area (Å²) in [6.45, 7) is 5.88. The van der Waals surface area contributed by atoms with Gasteiger partial charge in [0.05, 0.1) is 17.3 Å². The molecule has 0 aliphatic heterocycles. The van der Waals surface area contributed by atoms with Crippen LogP contribution >= 0.6 is 0 Å². The van der Waals surface area contributed by atoms with Gasteiger partial charge in [0.15, 0.2) is 0 Å². The molecule has 0 bridgehead atoms. The molecule has 2 N–H and O–H groups in total. The molecule has 4 nitrogen and oxygen atoms in total. The highest BCUT2D eigenvalue weighted by Crippen LogP contribution is 2.16. The van der Waals surface area contributed by atoms with Gasteiger partial charge in [-0.1, -0.05) is 13.0 Å². The van der Waals surface area contributed by atoms with Crippen LogP contribution in [0.15, 0.2) is 30.5 Å². The fourth-order valence-corrected chi connectivity index (χ4v) is 2.08. The summed E-state index contributed by atoms with van der Waals surface area (Å²) >= 11 is 0. The van der Waals surface area contributed by atoms with E-state index in [0.29, 0.717) is 5.56 Å². The van der Waals surface area contributed by atoms with E-state index in [9.17, 15) is 4.79 Å². The number of aromatic amines is 1. The van der Waals surface area contributed by atoms with E-state index in [1.54, 1.807) is 12.3 Å². The molecule has 0 fully saturated rings. The van der Waals surface area contributed by atoms with Crippen molar-refractivity contribution in [3.8, 4) is 0 Å². The van der Waals surface area contributed by atoms with Crippen molar-refractivity contribution in [1.82, 2.24) is 15.3 Å². The largest absolute Gasteiger partial charge is 0.365 e. The number of carbonyl (C=O) groups is 1. The van der Waals surface area contributed by atoms with E-state index in [-0.39, 0.29) is 11.9 Å². The number of hydrogen-bond donors (Lipinski definition) is 2. The van der Waals surface area contributed by atoms with Crippen LogP contribution in [0.3, 0.4) is 0 Å². The molecule has 0 spiro atoms.